The Morgan fingerprint density at radius 2 is 1.65 bits per heavy atom. The molecule has 1 aliphatic carbocycles. The lowest BCUT2D eigenvalue weighted by Gasteiger charge is -2.36. The maximum atomic E-state index is 16.3. The van der Waals surface area contributed by atoms with Gasteiger partial charge in [0.15, 0.2) is 17.5 Å². The third kappa shape index (κ3) is 6.23. The Labute approximate surface area is 392 Å². The number of halogens is 2. The van der Waals surface area contributed by atoms with Crippen molar-refractivity contribution in [3.63, 3.8) is 0 Å². The van der Waals surface area contributed by atoms with Crippen molar-refractivity contribution in [1.82, 2.24) is 48.4 Å². The van der Waals surface area contributed by atoms with E-state index in [1.165, 1.54) is 27.6 Å². The van der Waals surface area contributed by atoms with Crippen molar-refractivity contribution in [3.05, 3.63) is 152 Å². The number of anilines is 1. The third-order valence-corrected chi connectivity index (χ3v) is 14.7. The van der Waals surface area contributed by atoms with Gasteiger partial charge in [0.25, 0.3) is 5.91 Å². The Morgan fingerprint density at radius 3 is 2.38 bits per heavy atom. The van der Waals surface area contributed by atoms with Gasteiger partial charge in [-0.2, -0.15) is 10.2 Å². The molecule has 8 heterocycles. The highest BCUT2D eigenvalue weighted by molar-refractivity contribution is 6.11. The molecule has 4 atom stereocenters. The molecule has 350 valence electrons. The van der Waals surface area contributed by atoms with E-state index in [-0.39, 0.29) is 46.1 Å². The summed E-state index contributed by atoms with van der Waals surface area (Å²) in [5, 5.41) is 14.7. The molecule has 1 amide bonds. The third-order valence-electron chi connectivity index (χ3n) is 14.7. The Morgan fingerprint density at radius 1 is 0.899 bits per heavy atom. The summed E-state index contributed by atoms with van der Waals surface area (Å²) in [6.07, 6.45) is 9.94. The number of carbonyl (C=O) groups is 1. The first kappa shape index (κ1) is 42.6. The van der Waals surface area contributed by atoms with Gasteiger partial charge in [-0.3, -0.25) is 38.0 Å². The summed E-state index contributed by atoms with van der Waals surface area (Å²) >= 11 is 0. The normalized spacial score (nSPS) is 20.7. The van der Waals surface area contributed by atoms with Crippen LogP contribution in [0.5, 0.6) is 0 Å². The summed E-state index contributed by atoms with van der Waals surface area (Å²) in [5.41, 5.74) is 4.18. The lowest BCUT2D eigenvalue weighted by Crippen LogP contribution is -2.39. The average Bonchev–Trinajstić information content (AvgIpc) is 3.96. The minimum atomic E-state index is -0.929. The highest BCUT2D eigenvalue weighted by Crippen LogP contribution is 2.57. The van der Waals surface area contributed by atoms with Crippen LogP contribution in [0.3, 0.4) is 0 Å². The number of fused-ring (bicyclic) bond motifs is 5. The van der Waals surface area contributed by atoms with Crippen molar-refractivity contribution in [2.45, 2.75) is 83.9 Å². The zero-order chi connectivity index (χ0) is 48.0. The maximum Gasteiger partial charge on any atom is 0.438 e. The number of amides is 1. The van der Waals surface area contributed by atoms with E-state index in [2.05, 4.69) is 46.2 Å². The summed E-state index contributed by atoms with van der Waals surface area (Å²) in [6, 6.07) is 15.7. The fourth-order valence-corrected chi connectivity index (χ4v) is 11.2. The Hall–Kier alpha value is -7.73. The molecule has 69 heavy (non-hydrogen) atoms. The zero-order valence-corrected chi connectivity index (χ0v) is 38.9. The molecule has 0 unspecified atom stereocenters. The number of rotatable bonds is 7. The molecule has 3 aromatic carbocycles. The van der Waals surface area contributed by atoms with Crippen LogP contribution in [0.15, 0.2) is 99.7 Å². The predicted octanol–water partition coefficient (Wildman–Crippen LogP) is 8.47. The van der Waals surface area contributed by atoms with Crippen molar-refractivity contribution < 1.29 is 22.8 Å². The topological polar surface area (TPSA) is 169 Å². The number of hydrogen-bond donors (Lipinski definition) is 1. The molecule has 1 saturated carbocycles. The number of aromatic nitrogens is 10. The monoisotopic (exact) mass is 931 g/mol. The van der Waals surface area contributed by atoms with Crippen molar-refractivity contribution >= 4 is 33.4 Å². The first-order valence-electron chi connectivity index (χ1n) is 23.0. The van der Waals surface area contributed by atoms with Crippen LogP contribution >= 0.6 is 0 Å². The number of aryl methyl sites for hydroxylation is 3. The van der Waals surface area contributed by atoms with E-state index in [0.29, 0.717) is 69.4 Å². The molecule has 6 aromatic heterocycles. The van der Waals surface area contributed by atoms with Gasteiger partial charge in [0.2, 0.25) is 0 Å². The number of ether oxygens (including phenoxy) is 1. The second-order valence-electron chi connectivity index (χ2n) is 19.5. The van der Waals surface area contributed by atoms with Crippen molar-refractivity contribution in [3.8, 4) is 28.5 Å². The van der Waals surface area contributed by atoms with Gasteiger partial charge in [0.05, 0.1) is 52.0 Å². The minimum absolute atomic E-state index is 0.0159. The van der Waals surface area contributed by atoms with Gasteiger partial charge in [0, 0.05) is 54.3 Å². The van der Waals surface area contributed by atoms with Gasteiger partial charge in [-0.1, -0.05) is 18.1 Å². The Kier molecular flexibility index (Phi) is 9.19. The molecule has 12 rings (SSSR count). The molecule has 0 spiro atoms. The summed E-state index contributed by atoms with van der Waals surface area (Å²) in [5.74, 6) is -1.32. The maximum absolute atomic E-state index is 16.3. The number of hydrogen-bond acceptors (Lipinski definition) is 9. The molecular weight excluding hydrogens is 885 g/mol. The fraction of sp³-hybridized carbons (Fsp3) is 0.314. The lowest BCUT2D eigenvalue weighted by atomic mass is 9.83. The number of carbonyl (C=O) groups excluding carboxylic acids is 1. The zero-order valence-electron chi connectivity index (χ0n) is 38.9. The van der Waals surface area contributed by atoms with Crippen LogP contribution in [0.25, 0.3) is 50.3 Å². The second-order valence-corrected chi connectivity index (χ2v) is 19.5. The van der Waals surface area contributed by atoms with Gasteiger partial charge < -0.3 is 9.30 Å². The van der Waals surface area contributed by atoms with Gasteiger partial charge in [-0.15, -0.1) is 0 Å². The highest BCUT2D eigenvalue weighted by atomic mass is 19.1. The van der Waals surface area contributed by atoms with Crippen LogP contribution in [0.4, 0.5) is 14.5 Å². The second kappa shape index (κ2) is 14.9. The predicted molar refractivity (Wildman–Crippen MR) is 253 cm³/mol. The molecule has 9 aromatic rings. The standard InChI is InChI=1S/C51H47F2N11O5/c1-26-18-33(19-27(2)42(26)52)64-45(61-16-15-60(49(61)67)38-11-10-37-35(43(38)53)24-55-59(37)7)41-29(4)62(40-25-54-14-12-34(40)44(41)57-64)46(65)39-21-32-20-30(31-13-17-68-50(5,6)23-31)8-9-36(32)63(39)51(22-28(51)3)47-56-48(66)69-58-47/h8-12,14-16,18-21,24-25,28-29,31H,13,17,22-23H2,1-7H3,(H,56,58,66)/t28-,29-,31-,51-/m0/s1. The van der Waals surface area contributed by atoms with E-state index in [9.17, 15) is 9.59 Å². The molecule has 18 heteroatoms. The molecule has 1 saturated heterocycles. The highest BCUT2D eigenvalue weighted by Gasteiger charge is 2.59. The molecule has 2 fully saturated rings. The SMILES string of the molecule is Cc1cc(-n2nc3c(c2-n2ccn(-c4ccc5c(cnn5C)c4F)c2=O)[C@H](C)N(C(=O)c2cc4cc([C@H]5CCOC(C)(C)C5)ccc4n2[C@@]2(c4noc(=O)[nH]4)C[C@@H]2C)c2cnccc2-3)cc(C)c1F. The number of H-pyrrole nitrogens is 1. The number of imidazole rings is 1. The van der Waals surface area contributed by atoms with Crippen LogP contribution in [0, 0.1) is 31.4 Å². The Balaban J connectivity index is 1.07. The molecule has 0 radical (unpaired) electrons. The van der Waals surface area contributed by atoms with Crippen LogP contribution in [0.1, 0.15) is 97.5 Å². The smallest absolute Gasteiger partial charge is 0.376 e. The number of aromatic amines is 1. The minimum Gasteiger partial charge on any atom is -0.376 e. The molecule has 16 nitrogen and oxygen atoms in total. The van der Waals surface area contributed by atoms with E-state index < -0.39 is 28.8 Å². The number of nitrogens with zero attached hydrogens (tertiary/aromatic N) is 10. The molecule has 0 bridgehead atoms. The number of benzene rings is 3. The van der Waals surface area contributed by atoms with E-state index in [1.807, 2.05) is 30.5 Å². The van der Waals surface area contributed by atoms with E-state index >= 15 is 13.6 Å². The lowest BCUT2D eigenvalue weighted by molar-refractivity contribution is -0.0592. The van der Waals surface area contributed by atoms with Crippen molar-refractivity contribution in [2.75, 3.05) is 11.5 Å². The van der Waals surface area contributed by atoms with E-state index in [0.717, 1.165) is 29.3 Å². The fourth-order valence-electron chi connectivity index (χ4n) is 11.2. The average molecular weight is 932 g/mol. The van der Waals surface area contributed by atoms with Crippen molar-refractivity contribution in [1.29, 1.82) is 0 Å². The summed E-state index contributed by atoms with van der Waals surface area (Å²) in [7, 11) is 1.71. The van der Waals surface area contributed by atoms with Crippen LogP contribution < -0.4 is 16.3 Å². The Bertz CT molecular complexity index is 3730. The molecular formula is C51H47F2N11O5. The van der Waals surface area contributed by atoms with E-state index in [4.69, 9.17) is 14.4 Å². The molecule has 2 aliphatic heterocycles. The van der Waals surface area contributed by atoms with Gasteiger partial charge in [-0.25, -0.2) is 23.1 Å². The largest absolute Gasteiger partial charge is 0.438 e. The van der Waals surface area contributed by atoms with Crippen LogP contribution in [0.2, 0.25) is 0 Å². The van der Waals surface area contributed by atoms with Gasteiger partial charge in [0.1, 0.15) is 22.7 Å². The first-order chi connectivity index (χ1) is 33.1. The summed E-state index contributed by atoms with van der Waals surface area (Å²) < 4.78 is 50.5. The van der Waals surface area contributed by atoms with Crippen molar-refractivity contribution in [2.24, 2.45) is 13.0 Å². The number of nitrogens with one attached hydrogen (secondary N) is 1. The van der Waals surface area contributed by atoms with Gasteiger partial charge >= 0.3 is 11.4 Å². The summed E-state index contributed by atoms with van der Waals surface area (Å²) in [4.78, 5) is 52.5. The number of pyridine rings is 1. The molecule has 1 N–H and O–H groups in total. The van der Waals surface area contributed by atoms with Crippen LogP contribution in [-0.2, 0) is 17.3 Å². The van der Waals surface area contributed by atoms with E-state index in [1.54, 1.807) is 78.0 Å². The molecule has 3 aliphatic rings. The quantitative estimate of drug-likeness (QED) is 0.165. The first-order valence-corrected chi connectivity index (χ1v) is 23.0. The summed E-state index contributed by atoms with van der Waals surface area (Å²) in [6.45, 7) is 12.1. The van der Waals surface area contributed by atoms with Gasteiger partial charge in [-0.05, 0) is 131 Å². The van der Waals surface area contributed by atoms with Crippen LogP contribution in [-0.4, -0.2) is 66.5 Å².